The van der Waals surface area contributed by atoms with Crippen molar-refractivity contribution >= 4 is 11.6 Å². The average molecular weight is 289 g/mol. The van der Waals surface area contributed by atoms with E-state index in [-0.39, 0.29) is 5.91 Å². The van der Waals surface area contributed by atoms with E-state index in [1.54, 1.807) is 0 Å². The van der Waals surface area contributed by atoms with Crippen molar-refractivity contribution in [1.82, 2.24) is 4.90 Å². The first-order chi connectivity index (χ1) is 10.1. The molecule has 4 nitrogen and oxygen atoms in total. The van der Waals surface area contributed by atoms with E-state index < -0.39 is 0 Å². The zero-order chi connectivity index (χ0) is 15.2. The number of hydrogen-bond donors (Lipinski definition) is 2. The van der Waals surface area contributed by atoms with Crippen molar-refractivity contribution in [2.45, 2.75) is 32.7 Å². The minimum absolute atomic E-state index is 0.0809. The highest BCUT2D eigenvalue weighted by Crippen LogP contribution is 2.37. The molecule has 0 heterocycles. The molecule has 2 rings (SSSR count). The lowest BCUT2D eigenvalue weighted by atomic mass is 10.2. The number of nitrogens with one attached hydrogen (secondary N) is 1. The average Bonchev–Trinajstić information content (AvgIpc) is 3.14. The van der Waals surface area contributed by atoms with E-state index >= 15 is 0 Å². The van der Waals surface area contributed by atoms with Crippen LogP contribution in [0.5, 0.6) is 0 Å². The fourth-order valence-electron chi connectivity index (χ4n) is 2.65. The summed E-state index contributed by atoms with van der Waals surface area (Å²) in [5.41, 5.74) is 7.47. The molecule has 2 atom stereocenters. The van der Waals surface area contributed by atoms with E-state index in [4.69, 9.17) is 5.73 Å². The molecule has 1 amide bonds. The van der Waals surface area contributed by atoms with Gasteiger partial charge in [-0.05, 0) is 56.0 Å². The maximum Gasteiger partial charge on any atom is 0.224 e. The number of carbonyl (C=O) groups is 1. The molecule has 3 N–H and O–H groups in total. The van der Waals surface area contributed by atoms with E-state index in [2.05, 4.69) is 24.2 Å². The zero-order valence-electron chi connectivity index (χ0n) is 13.1. The summed E-state index contributed by atoms with van der Waals surface area (Å²) in [5.74, 6) is 1.85. The Morgan fingerprint density at radius 3 is 2.90 bits per heavy atom. The summed E-state index contributed by atoms with van der Waals surface area (Å²) in [4.78, 5) is 14.3. The van der Waals surface area contributed by atoms with E-state index in [0.717, 1.165) is 36.1 Å². The number of nitrogens with two attached hydrogens (primary N) is 1. The van der Waals surface area contributed by atoms with E-state index in [0.29, 0.717) is 13.0 Å². The lowest BCUT2D eigenvalue weighted by Crippen LogP contribution is -2.24. The molecule has 1 aliphatic carbocycles. The molecule has 1 saturated carbocycles. The number of amides is 1. The highest BCUT2D eigenvalue weighted by Gasteiger charge is 2.32. The lowest BCUT2D eigenvalue weighted by Gasteiger charge is -2.16. The largest absolute Gasteiger partial charge is 0.326 e. The van der Waals surface area contributed by atoms with Crippen LogP contribution < -0.4 is 11.1 Å². The van der Waals surface area contributed by atoms with Crippen molar-refractivity contribution in [2.75, 3.05) is 25.5 Å². The summed E-state index contributed by atoms with van der Waals surface area (Å²) >= 11 is 0. The Balaban J connectivity index is 1.64. The predicted octanol–water partition coefficient (Wildman–Crippen LogP) is 2.45. The number of nitrogens with zero attached hydrogens (tertiary/aromatic N) is 1. The Bertz CT molecular complexity index is 475. The van der Waals surface area contributed by atoms with Crippen LogP contribution in [-0.2, 0) is 11.3 Å². The molecule has 0 spiro atoms. The molecule has 4 heteroatoms. The Labute approximate surface area is 127 Å². The Morgan fingerprint density at radius 2 is 2.24 bits per heavy atom. The number of anilines is 1. The van der Waals surface area contributed by atoms with Crippen LogP contribution in [0.3, 0.4) is 0 Å². The van der Waals surface area contributed by atoms with Gasteiger partial charge in [0.25, 0.3) is 0 Å². The van der Waals surface area contributed by atoms with Gasteiger partial charge in [0.05, 0.1) is 0 Å². The molecule has 0 radical (unpaired) electrons. The minimum Gasteiger partial charge on any atom is -0.326 e. The van der Waals surface area contributed by atoms with Crippen molar-refractivity contribution in [3.05, 3.63) is 29.8 Å². The predicted molar refractivity (Wildman–Crippen MR) is 87.0 cm³/mol. The summed E-state index contributed by atoms with van der Waals surface area (Å²) in [5, 5.41) is 2.94. The van der Waals surface area contributed by atoms with Gasteiger partial charge in [-0.3, -0.25) is 4.79 Å². The third-order valence-electron chi connectivity index (χ3n) is 4.21. The van der Waals surface area contributed by atoms with Crippen molar-refractivity contribution in [1.29, 1.82) is 0 Å². The molecular weight excluding hydrogens is 262 g/mol. The van der Waals surface area contributed by atoms with Crippen LogP contribution in [0.15, 0.2) is 24.3 Å². The zero-order valence-corrected chi connectivity index (χ0v) is 13.1. The van der Waals surface area contributed by atoms with Crippen molar-refractivity contribution in [2.24, 2.45) is 17.6 Å². The maximum absolute atomic E-state index is 11.9. The first kappa shape index (κ1) is 16.0. The van der Waals surface area contributed by atoms with Gasteiger partial charge in [0.15, 0.2) is 0 Å². The molecule has 1 aromatic carbocycles. The topological polar surface area (TPSA) is 58.4 Å². The van der Waals surface area contributed by atoms with Gasteiger partial charge in [-0.1, -0.05) is 19.1 Å². The standard InChI is InChI=1S/C17H27N3O/c1-13-9-15(13)12-20(2)8-4-7-17(21)19-16-6-3-5-14(10-16)11-18/h3,5-6,10,13,15H,4,7-9,11-12,18H2,1-2H3,(H,19,21). The fourth-order valence-corrected chi connectivity index (χ4v) is 2.65. The molecule has 116 valence electrons. The number of carbonyl (C=O) groups excluding carboxylic acids is 1. The molecule has 21 heavy (non-hydrogen) atoms. The monoisotopic (exact) mass is 289 g/mol. The Kier molecular flexibility index (Phi) is 5.76. The molecule has 0 saturated heterocycles. The number of hydrogen-bond acceptors (Lipinski definition) is 3. The van der Waals surface area contributed by atoms with Gasteiger partial charge in [0.2, 0.25) is 5.91 Å². The molecule has 1 aliphatic rings. The van der Waals surface area contributed by atoms with Crippen LogP contribution in [0.2, 0.25) is 0 Å². The Hall–Kier alpha value is -1.39. The van der Waals surface area contributed by atoms with Crippen LogP contribution in [-0.4, -0.2) is 30.9 Å². The molecule has 0 aliphatic heterocycles. The van der Waals surface area contributed by atoms with E-state index in [9.17, 15) is 4.79 Å². The second kappa shape index (κ2) is 7.57. The summed E-state index contributed by atoms with van der Waals surface area (Å²) in [6.07, 6.45) is 2.83. The molecule has 1 fully saturated rings. The van der Waals surface area contributed by atoms with Gasteiger partial charge in [-0.2, -0.15) is 0 Å². The van der Waals surface area contributed by atoms with Crippen molar-refractivity contribution < 1.29 is 4.79 Å². The smallest absolute Gasteiger partial charge is 0.224 e. The van der Waals surface area contributed by atoms with Crippen LogP contribution in [0.25, 0.3) is 0 Å². The minimum atomic E-state index is 0.0809. The molecule has 2 unspecified atom stereocenters. The van der Waals surface area contributed by atoms with Gasteiger partial charge < -0.3 is 16.0 Å². The van der Waals surface area contributed by atoms with Crippen LogP contribution in [0, 0.1) is 11.8 Å². The highest BCUT2D eigenvalue weighted by molar-refractivity contribution is 5.90. The molecule has 0 aromatic heterocycles. The molecule has 1 aromatic rings. The second-order valence-corrected chi connectivity index (χ2v) is 6.29. The normalized spacial score (nSPS) is 20.6. The van der Waals surface area contributed by atoms with Crippen LogP contribution in [0.4, 0.5) is 5.69 Å². The van der Waals surface area contributed by atoms with Crippen molar-refractivity contribution in [3.8, 4) is 0 Å². The quantitative estimate of drug-likeness (QED) is 0.773. The van der Waals surface area contributed by atoms with E-state index in [1.807, 2.05) is 24.3 Å². The first-order valence-corrected chi connectivity index (χ1v) is 7.86. The summed E-state index contributed by atoms with van der Waals surface area (Å²) in [6.45, 7) is 4.95. The van der Waals surface area contributed by atoms with Crippen molar-refractivity contribution in [3.63, 3.8) is 0 Å². The lowest BCUT2D eigenvalue weighted by molar-refractivity contribution is -0.116. The molecule has 0 bridgehead atoms. The van der Waals surface area contributed by atoms with Crippen LogP contribution >= 0.6 is 0 Å². The van der Waals surface area contributed by atoms with Gasteiger partial charge in [-0.15, -0.1) is 0 Å². The van der Waals surface area contributed by atoms with Gasteiger partial charge in [0.1, 0.15) is 0 Å². The second-order valence-electron chi connectivity index (χ2n) is 6.29. The van der Waals surface area contributed by atoms with E-state index in [1.165, 1.54) is 13.0 Å². The number of benzene rings is 1. The third-order valence-corrected chi connectivity index (χ3v) is 4.21. The van der Waals surface area contributed by atoms with Gasteiger partial charge in [0, 0.05) is 25.2 Å². The maximum atomic E-state index is 11.9. The van der Waals surface area contributed by atoms with Gasteiger partial charge in [-0.25, -0.2) is 0 Å². The fraction of sp³-hybridized carbons (Fsp3) is 0.588. The third kappa shape index (κ3) is 5.48. The number of rotatable bonds is 8. The Morgan fingerprint density at radius 1 is 1.48 bits per heavy atom. The summed E-state index contributed by atoms with van der Waals surface area (Å²) in [6, 6.07) is 7.71. The van der Waals surface area contributed by atoms with Crippen LogP contribution in [0.1, 0.15) is 31.7 Å². The summed E-state index contributed by atoms with van der Waals surface area (Å²) < 4.78 is 0. The highest BCUT2D eigenvalue weighted by atomic mass is 16.1. The first-order valence-electron chi connectivity index (χ1n) is 7.86. The SMILES string of the molecule is CC1CC1CN(C)CCCC(=O)Nc1cccc(CN)c1. The van der Waals surface area contributed by atoms with Gasteiger partial charge >= 0.3 is 0 Å². The summed E-state index contributed by atoms with van der Waals surface area (Å²) in [7, 11) is 2.15. The molecular formula is C17H27N3O.